The van der Waals surface area contributed by atoms with E-state index in [1.807, 2.05) is 30.3 Å². The maximum atomic E-state index is 13.1. The van der Waals surface area contributed by atoms with Gasteiger partial charge in [-0.1, -0.05) is 42.5 Å². The first-order chi connectivity index (χ1) is 20.2. The zero-order valence-corrected chi connectivity index (χ0v) is 23.7. The molecule has 3 amide bonds. The van der Waals surface area contributed by atoms with Crippen molar-refractivity contribution in [3.8, 4) is 0 Å². The molecule has 0 aliphatic heterocycles. The van der Waals surface area contributed by atoms with Crippen LogP contribution in [0.1, 0.15) is 36.8 Å². The highest BCUT2D eigenvalue weighted by Crippen LogP contribution is 2.27. The van der Waals surface area contributed by atoms with Gasteiger partial charge in [-0.3, -0.25) is 19.7 Å². The van der Waals surface area contributed by atoms with Crippen molar-refractivity contribution in [3.05, 3.63) is 65.7 Å². The van der Waals surface area contributed by atoms with Gasteiger partial charge in [0, 0.05) is 25.1 Å². The summed E-state index contributed by atoms with van der Waals surface area (Å²) in [7, 11) is 2.80. The molecule has 2 aromatic carbocycles. The summed E-state index contributed by atoms with van der Waals surface area (Å²) in [6.07, 6.45) is 1.92. The fourth-order valence-corrected chi connectivity index (χ4v) is 4.76. The van der Waals surface area contributed by atoms with Gasteiger partial charge in [-0.05, 0) is 48.9 Å². The van der Waals surface area contributed by atoms with Crippen LogP contribution in [-0.2, 0) is 46.4 Å². The zero-order chi connectivity index (χ0) is 30.5. The minimum Gasteiger partial charge on any atom is -0.480 e. The van der Waals surface area contributed by atoms with Crippen molar-refractivity contribution in [3.63, 3.8) is 0 Å². The SMILES string of the molecule is COC(=O)[C@H](Cc1ccc(NC(=O)OCc2ccccc2)cc1)NC(=O)CN(CC(=O)O)C(=O)C1CCC(OC)CC1. The van der Waals surface area contributed by atoms with Gasteiger partial charge in [0.05, 0.1) is 13.2 Å². The molecular formula is C30H37N3O9. The highest BCUT2D eigenvalue weighted by Gasteiger charge is 2.32. The monoisotopic (exact) mass is 583 g/mol. The molecule has 12 nitrogen and oxygen atoms in total. The average molecular weight is 584 g/mol. The number of hydrogen-bond donors (Lipinski definition) is 3. The molecule has 2 aromatic rings. The molecule has 0 bridgehead atoms. The molecule has 0 spiro atoms. The Kier molecular flexibility index (Phi) is 12.3. The molecule has 12 heteroatoms. The van der Waals surface area contributed by atoms with Gasteiger partial charge in [0.15, 0.2) is 0 Å². The second-order valence-corrected chi connectivity index (χ2v) is 10.0. The molecule has 0 radical (unpaired) electrons. The van der Waals surface area contributed by atoms with E-state index in [4.69, 9.17) is 14.2 Å². The molecule has 0 heterocycles. The number of carboxylic acid groups (broad SMARTS) is 1. The zero-order valence-electron chi connectivity index (χ0n) is 23.7. The predicted octanol–water partition coefficient (Wildman–Crippen LogP) is 2.75. The third-order valence-corrected chi connectivity index (χ3v) is 7.00. The molecule has 1 atom stereocenters. The Balaban J connectivity index is 1.56. The second kappa shape index (κ2) is 16.1. The quantitative estimate of drug-likeness (QED) is 0.301. The number of carboxylic acids is 1. The largest absolute Gasteiger partial charge is 0.480 e. The van der Waals surface area contributed by atoms with E-state index in [0.29, 0.717) is 36.9 Å². The molecular weight excluding hydrogens is 546 g/mol. The number of methoxy groups -OCH3 is 2. The number of ether oxygens (including phenoxy) is 3. The molecule has 3 N–H and O–H groups in total. The van der Waals surface area contributed by atoms with Crippen molar-refractivity contribution in [1.82, 2.24) is 10.2 Å². The minimum absolute atomic E-state index is 0.0596. The van der Waals surface area contributed by atoms with Crippen LogP contribution < -0.4 is 10.6 Å². The van der Waals surface area contributed by atoms with Crippen LogP contribution in [0, 0.1) is 5.92 Å². The Labute approximate surface area is 244 Å². The lowest BCUT2D eigenvalue weighted by Gasteiger charge is -2.31. The Morgan fingerprint density at radius 1 is 0.905 bits per heavy atom. The van der Waals surface area contributed by atoms with Crippen molar-refractivity contribution >= 4 is 35.5 Å². The topological polar surface area (TPSA) is 161 Å². The van der Waals surface area contributed by atoms with Crippen molar-refractivity contribution in [2.45, 2.75) is 50.9 Å². The summed E-state index contributed by atoms with van der Waals surface area (Å²) in [5, 5.41) is 14.5. The lowest BCUT2D eigenvalue weighted by atomic mass is 9.86. The Morgan fingerprint density at radius 2 is 1.57 bits per heavy atom. The highest BCUT2D eigenvalue weighted by atomic mass is 16.5. The first kappa shape index (κ1) is 32.1. The van der Waals surface area contributed by atoms with Crippen LogP contribution in [0.15, 0.2) is 54.6 Å². The molecule has 0 aromatic heterocycles. The van der Waals surface area contributed by atoms with Gasteiger partial charge in [-0.25, -0.2) is 9.59 Å². The van der Waals surface area contributed by atoms with Crippen LogP contribution in [-0.4, -0.2) is 79.3 Å². The lowest BCUT2D eigenvalue weighted by molar-refractivity contribution is -0.150. The number of aliphatic carboxylic acids is 1. The van der Waals surface area contributed by atoms with Crippen molar-refractivity contribution in [1.29, 1.82) is 0 Å². The number of rotatable bonds is 13. The molecule has 1 fully saturated rings. The minimum atomic E-state index is -1.25. The van der Waals surface area contributed by atoms with Crippen molar-refractivity contribution < 1.29 is 43.3 Å². The normalized spacial score (nSPS) is 16.9. The second-order valence-electron chi connectivity index (χ2n) is 10.0. The number of amides is 3. The van der Waals surface area contributed by atoms with Crippen LogP contribution >= 0.6 is 0 Å². The van der Waals surface area contributed by atoms with Crippen LogP contribution in [0.3, 0.4) is 0 Å². The van der Waals surface area contributed by atoms with Crippen LogP contribution in [0.25, 0.3) is 0 Å². The standard InChI is InChI=1S/C30H37N3O9/c1-40-24-14-10-22(11-15-24)28(37)33(18-27(35)36)17-26(34)32-25(29(38)41-2)16-20-8-12-23(13-9-20)31-30(39)42-19-21-6-4-3-5-7-21/h3-9,12-13,22,24-25H,10-11,14-19H2,1-2H3,(H,31,39)(H,32,34)(H,35,36)/t22?,24?,25-/m0/s1. The molecule has 0 saturated heterocycles. The number of benzene rings is 2. The van der Waals surface area contributed by atoms with E-state index in [1.54, 1.807) is 31.4 Å². The van der Waals surface area contributed by atoms with Crippen LogP contribution in [0.5, 0.6) is 0 Å². The molecule has 42 heavy (non-hydrogen) atoms. The average Bonchev–Trinajstić information content (AvgIpc) is 3.00. The summed E-state index contributed by atoms with van der Waals surface area (Å²) < 4.78 is 15.4. The van der Waals surface area contributed by atoms with Crippen LogP contribution in [0.4, 0.5) is 10.5 Å². The summed E-state index contributed by atoms with van der Waals surface area (Å²) in [4.78, 5) is 63.0. The number of anilines is 1. The smallest absolute Gasteiger partial charge is 0.411 e. The number of nitrogens with one attached hydrogen (secondary N) is 2. The number of hydrogen-bond acceptors (Lipinski definition) is 8. The number of nitrogens with zero attached hydrogens (tertiary/aromatic N) is 1. The highest BCUT2D eigenvalue weighted by molar-refractivity contribution is 5.90. The van der Waals surface area contributed by atoms with Gasteiger partial charge in [0.1, 0.15) is 25.7 Å². The first-order valence-electron chi connectivity index (χ1n) is 13.7. The molecule has 3 rings (SSSR count). The van der Waals surface area contributed by atoms with Crippen molar-refractivity contribution in [2.24, 2.45) is 5.92 Å². The van der Waals surface area contributed by atoms with Gasteiger partial charge in [-0.15, -0.1) is 0 Å². The van der Waals surface area contributed by atoms with Gasteiger partial charge in [-0.2, -0.15) is 0 Å². The van der Waals surface area contributed by atoms with E-state index in [0.717, 1.165) is 10.5 Å². The van der Waals surface area contributed by atoms with Gasteiger partial charge in [0.2, 0.25) is 11.8 Å². The van der Waals surface area contributed by atoms with Gasteiger partial charge < -0.3 is 29.5 Å². The summed E-state index contributed by atoms with van der Waals surface area (Å²) in [5.41, 5.74) is 1.98. The van der Waals surface area contributed by atoms with Gasteiger partial charge in [0.25, 0.3) is 0 Å². The maximum Gasteiger partial charge on any atom is 0.411 e. The van der Waals surface area contributed by atoms with E-state index in [2.05, 4.69) is 10.6 Å². The third-order valence-electron chi connectivity index (χ3n) is 7.00. The van der Waals surface area contributed by atoms with Gasteiger partial charge >= 0.3 is 18.0 Å². The predicted molar refractivity (Wildman–Crippen MR) is 151 cm³/mol. The van der Waals surface area contributed by atoms with Crippen molar-refractivity contribution in [2.75, 3.05) is 32.6 Å². The number of carbonyl (C=O) groups is 5. The fraction of sp³-hybridized carbons (Fsp3) is 0.433. The van der Waals surface area contributed by atoms with E-state index >= 15 is 0 Å². The molecule has 1 aliphatic rings. The molecule has 1 aliphatic carbocycles. The Hall–Kier alpha value is -4.45. The summed E-state index contributed by atoms with van der Waals surface area (Å²) in [5.74, 6) is -3.46. The van der Waals surface area contributed by atoms with E-state index in [-0.39, 0.29) is 19.1 Å². The third kappa shape index (κ3) is 10.2. The van der Waals surface area contributed by atoms with E-state index < -0.39 is 54.9 Å². The summed E-state index contributed by atoms with van der Waals surface area (Å²) in [6, 6.07) is 14.8. The lowest BCUT2D eigenvalue weighted by Crippen LogP contribution is -2.50. The Morgan fingerprint density at radius 3 is 2.17 bits per heavy atom. The fourth-order valence-electron chi connectivity index (χ4n) is 4.76. The van der Waals surface area contributed by atoms with E-state index in [1.165, 1.54) is 7.11 Å². The maximum absolute atomic E-state index is 13.1. The summed E-state index contributed by atoms with van der Waals surface area (Å²) in [6.45, 7) is -1.03. The number of carbonyl (C=O) groups excluding carboxylic acids is 4. The number of esters is 1. The van der Waals surface area contributed by atoms with E-state index in [9.17, 15) is 29.1 Å². The van der Waals surface area contributed by atoms with Crippen LogP contribution in [0.2, 0.25) is 0 Å². The molecule has 226 valence electrons. The summed E-state index contributed by atoms with van der Waals surface area (Å²) >= 11 is 0. The Bertz CT molecular complexity index is 1210. The first-order valence-corrected chi connectivity index (χ1v) is 13.7. The molecule has 1 saturated carbocycles. The molecule has 0 unspecified atom stereocenters.